The molecular weight excluding hydrogens is 521 g/mol. The molecule has 0 radical (unpaired) electrons. The van der Waals surface area contributed by atoms with Crippen molar-refractivity contribution in [1.29, 1.82) is 5.26 Å². The number of aryl methyl sites for hydroxylation is 1. The fourth-order valence-corrected chi connectivity index (χ4v) is 4.63. The summed E-state index contributed by atoms with van der Waals surface area (Å²) in [5, 5.41) is 10.2. The van der Waals surface area contributed by atoms with Gasteiger partial charge in [0.15, 0.2) is 0 Å². The molecule has 0 saturated heterocycles. The van der Waals surface area contributed by atoms with Crippen LogP contribution in [0.3, 0.4) is 0 Å². The third-order valence-electron chi connectivity index (χ3n) is 5.40. The van der Waals surface area contributed by atoms with Crippen LogP contribution < -0.4 is 0 Å². The minimum Gasteiger partial charge on any atom is -0.339 e. The van der Waals surface area contributed by atoms with Crippen LogP contribution in [0.15, 0.2) is 41.8 Å². The second-order valence-electron chi connectivity index (χ2n) is 7.84. The van der Waals surface area contributed by atoms with Gasteiger partial charge in [0.05, 0.1) is 40.6 Å². The van der Waals surface area contributed by atoms with Crippen LogP contribution in [0, 0.1) is 18.3 Å². The second-order valence-corrected chi connectivity index (χ2v) is 8.70. The molecule has 0 unspecified atom stereocenters. The van der Waals surface area contributed by atoms with Gasteiger partial charge in [0.25, 0.3) is 0 Å². The lowest BCUT2D eigenvalue weighted by molar-refractivity contribution is -0.143. The van der Waals surface area contributed by atoms with Crippen LogP contribution in [0.25, 0.3) is 21.5 Å². The molecule has 0 spiro atoms. The van der Waals surface area contributed by atoms with E-state index in [0.29, 0.717) is 17.8 Å². The summed E-state index contributed by atoms with van der Waals surface area (Å²) in [6.45, 7) is 1.43. The topological polar surface area (TPSA) is 41.6 Å². The molecule has 4 aromatic rings. The summed E-state index contributed by atoms with van der Waals surface area (Å²) in [7, 11) is 0. The number of hydrogen-bond acceptors (Lipinski definition) is 3. The normalized spacial score (nSPS) is 12.8. The summed E-state index contributed by atoms with van der Waals surface area (Å²) in [6, 6.07) is 6.30. The van der Waals surface area contributed by atoms with Crippen molar-refractivity contribution in [2.24, 2.45) is 0 Å². The van der Waals surface area contributed by atoms with Gasteiger partial charge in [-0.05, 0) is 43.3 Å². The molecule has 36 heavy (non-hydrogen) atoms. The number of halogens is 9. The summed E-state index contributed by atoms with van der Waals surface area (Å²) in [6.07, 6.45) is -14.8. The number of hydrogen-bond donors (Lipinski definition) is 0. The van der Waals surface area contributed by atoms with E-state index in [0.717, 1.165) is 17.4 Å². The maximum Gasteiger partial charge on any atom is 0.418 e. The first-order chi connectivity index (χ1) is 16.6. The van der Waals surface area contributed by atoms with Crippen LogP contribution in [0.5, 0.6) is 0 Å². The predicted molar refractivity (Wildman–Crippen MR) is 113 cm³/mol. The molecule has 0 amide bonds. The van der Waals surface area contributed by atoms with Gasteiger partial charge in [-0.3, -0.25) is 0 Å². The fourth-order valence-electron chi connectivity index (χ4n) is 3.83. The van der Waals surface area contributed by atoms with E-state index in [1.807, 2.05) is 0 Å². The van der Waals surface area contributed by atoms with Gasteiger partial charge in [0, 0.05) is 27.5 Å². The molecule has 0 N–H and O–H groups in total. The van der Waals surface area contributed by atoms with Crippen molar-refractivity contribution in [2.75, 3.05) is 0 Å². The number of nitriles is 1. The molecule has 3 nitrogen and oxygen atoms in total. The van der Waals surface area contributed by atoms with Gasteiger partial charge in [-0.1, -0.05) is 0 Å². The fraction of sp³-hybridized carbons (Fsp3) is 0.217. The van der Waals surface area contributed by atoms with E-state index in [1.54, 1.807) is 0 Å². The first-order valence-electron chi connectivity index (χ1n) is 9.94. The monoisotopic (exact) mass is 533 g/mol. The molecule has 4 rings (SSSR count). The third-order valence-corrected chi connectivity index (χ3v) is 6.34. The largest absolute Gasteiger partial charge is 0.418 e. The molecule has 0 saturated carbocycles. The number of nitrogens with zero attached hydrogens (tertiary/aromatic N) is 3. The highest BCUT2D eigenvalue weighted by Gasteiger charge is 2.38. The number of thiazole rings is 1. The maximum absolute atomic E-state index is 13.6. The SMILES string of the molecule is Cc1cc2c(C(F)(F)F)c(C#N)ccc2n1Cc1csc(-c2cc(C(F)(F)F)cc(C(F)(F)F)c2)n1. The Bertz CT molecular complexity index is 1470. The van der Waals surface area contributed by atoms with Crippen LogP contribution >= 0.6 is 11.3 Å². The van der Waals surface area contributed by atoms with Gasteiger partial charge in [0.2, 0.25) is 0 Å². The highest BCUT2D eigenvalue weighted by atomic mass is 32.1. The van der Waals surface area contributed by atoms with E-state index < -0.39 is 40.8 Å². The smallest absolute Gasteiger partial charge is 0.339 e. The Morgan fingerprint density at radius 1 is 0.889 bits per heavy atom. The maximum atomic E-state index is 13.6. The molecule has 2 aromatic heterocycles. The van der Waals surface area contributed by atoms with Crippen molar-refractivity contribution in [2.45, 2.75) is 32.0 Å². The van der Waals surface area contributed by atoms with Crippen molar-refractivity contribution in [3.63, 3.8) is 0 Å². The van der Waals surface area contributed by atoms with E-state index in [1.165, 1.54) is 35.1 Å². The van der Waals surface area contributed by atoms with Gasteiger partial charge < -0.3 is 4.57 Å². The van der Waals surface area contributed by atoms with E-state index in [2.05, 4.69) is 4.98 Å². The Kier molecular flexibility index (Phi) is 6.07. The van der Waals surface area contributed by atoms with Crippen molar-refractivity contribution in [3.8, 4) is 16.6 Å². The van der Waals surface area contributed by atoms with E-state index in [4.69, 9.17) is 5.26 Å². The molecular formula is C23H12F9N3S. The van der Waals surface area contributed by atoms with E-state index in [-0.39, 0.29) is 39.8 Å². The summed E-state index contributed by atoms with van der Waals surface area (Å²) < 4.78 is 121. The van der Waals surface area contributed by atoms with Crippen LogP contribution in [-0.2, 0) is 25.1 Å². The van der Waals surface area contributed by atoms with Crippen LogP contribution in [0.2, 0.25) is 0 Å². The summed E-state index contributed by atoms with van der Waals surface area (Å²) >= 11 is 0.806. The van der Waals surface area contributed by atoms with Crippen LogP contribution in [0.4, 0.5) is 39.5 Å². The molecule has 0 fully saturated rings. The Morgan fingerprint density at radius 3 is 2.03 bits per heavy atom. The predicted octanol–water partition coefficient (Wildman–Crippen LogP) is 8.05. The molecule has 0 aliphatic carbocycles. The lowest BCUT2D eigenvalue weighted by atomic mass is 10.0. The van der Waals surface area contributed by atoms with Gasteiger partial charge in [-0.25, -0.2) is 4.98 Å². The zero-order valence-electron chi connectivity index (χ0n) is 17.9. The minimum absolute atomic E-state index is 0.0149. The Labute approximate surface area is 201 Å². The van der Waals surface area contributed by atoms with Crippen molar-refractivity contribution in [1.82, 2.24) is 9.55 Å². The zero-order chi connectivity index (χ0) is 26.6. The number of rotatable bonds is 3. The number of alkyl halides is 9. The molecule has 0 bridgehead atoms. The molecule has 188 valence electrons. The van der Waals surface area contributed by atoms with Gasteiger partial charge in [0.1, 0.15) is 5.01 Å². The third kappa shape index (κ3) is 4.77. The number of fused-ring (bicyclic) bond motifs is 1. The Hall–Kier alpha value is -3.53. The van der Waals surface area contributed by atoms with Crippen molar-refractivity contribution < 1.29 is 39.5 Å². The molecule has 0 aliphatic rings. The highest BCUT2D eigenvalue weighted by Crippen LogP contribution is 2.40. The number of aromatic nitrogens is 2. The van der Waals surface area contributed by atoms with Gasteiger partial charge in [-0.2, -0.15) is 44.8 Å². The molecule has 2 aromatic carbocycles. The number of benzene rings is 2. The molecule has 13 heteroatoms. The van der Waals surface area contributed by atoms with Crippen molar-refractivity contribution in [3.05, 3.63) is 75.4 Å². The van der Waals surface area contributed by atoms with E-state index in [9.17, 15) is 39.5 Å². The summed E-state index contributed by atoms with van der Waals surface area (Å²) in [5.74, 6) is 0. The Balaban J connectivity index is 1.77. The van der Waals surface area contributed by atoms with Crippen molar-refractivity contribution >= 4 is 22.2 Å². The standard InChI is InChI=1S/C23H12F9N3S/c1-11-4-17-18(3-2-12(8-33)19(17)23(30,31)32)35(11)9-16-10-36-20(34-16)13-5-14(21(24,25)26)7-15(6-13)22(27,28)29/h2-7,10H,9H2,1H3. The average molecular weight is 533 g/mol. The molecule has 2 heterocycles. The van der Waals surface area contributed by atoms with Gasteiger partial charge >= 0.3 is 18.5 Å². The lowest BCUT2D eigenvalue weighted by Gasteiger charge is -2.13. The van der Waals surface area contributed by atoms with E-state index >= 15 is 0 Å². The second kappa shape index (κ2) is 8.55. The zero-order valence-corrected chi connectivity index (χ0v) is 18.7. The lowest BCUT2D eigenvalue weighted by Crippen LogP contribution is -2.11. The molecule has 0 atom stereocenters. The van der Waals surface area contributed by atoms with Crippen LogP contribution in [0.1, 0.15) is 33.6 Å². The molecule has 0 aliphatic heterocycles. The van der Waals surface area contributed by atoms with Crippen LogP contribution in [-0.4, -0.2) is 9.55 Å². The average Bonchev–Trinajstić information content (AvgIpc) is 3.35. The first kappa shape index (κ1) is 25.6. The minimum atomic E-state index is -5.02. The highest BCUT2D eigenvalue weighted by molar-refractivity contribution is 7.13. The van der Waals surface area contributed by atoms with Gasteiger partial charge in [-0.15, -0.1) is 11.3 Å². The summed E-state index contributed by atoms with van der Waals surface area (Å²) in [5.41, 5.74) is -4.24. The first-order valence-corrected chi connectivity index (χ1v) is 10.8. The summed E-state index contributed by atoms with van der Waals surface area (Å²) in [4.78, 5) is 4.14. The quantitative estimate of drug-likeness (QED) is 0.250. The Morgan fingerprint density at radius 2 is 1.50 bits per heavy atom.